The maximum Gasteiger partial charge on any atom is 0.253 e. The quantitative estimate of drug-likeness (QED) is 0.758. The van der Waals surface area contributed by atoms with Crippen LogP contribution in [0.1, 0.15) is 17.3 Å². The van der Waals surface area contributed by atoms with Crippen molar-refractivity contribution < 1.29 is 4.79 Å². The predicted octanol–water partition coefficient (Wildman–Crippen LogP) is 2.64. The fourth-order valence-corrected chi connectivity index (χ4v) is 2.00. The van der Waals surface area contributed by atoms with E-state index in [4.69, 9.17) is 12.2 Å². The van der Waals surface area contributed by atoms with Crippen LogP contribution >= 0.6 is 12.2 Å². The second kappa shape index (κ2) is 7.35. The molecule has 1 heterocycles. The molecule has 108 valence electrons. The number of aromatic nitrogens is 1. The molecule has 0 saturated carbocycles. The average molecular weight is 300 g/mol. The number of benzene rings is 1. The monoisotopic (exact) mass is 300 g/mol. The van der Waals surface area contributed by atoms with Gasteiger partial charge in [-0.25, -0.2) is 0 Å². The molecule has 2 aromatic rings. The van der Waals surface area contributed by atoms with Gasteiger partial charge in [-0.05, 0) is 43.4 Å². The molecule has 5 nitrogen and oxygen atoms in total. The van der Waals surface area contributed by atoms with Gasteiger partial charge in [0.2, 0.25) is 0 Å². The summed E-state index contributed by atoms with van der Waals surface area (Å²) >= 11 is 5.25. The highest BCUT2D eigenvalue weighted by atomic mass is 32.1. The molecule has 6 heteroatoms. The molecule has 21 heavy (non-hydrogen) atoms. The molecule has 0 unspecified atom stereocenters. The summed E-state index contributed by atoms with van der Waals surface area (Å²) in [5.41, 5.74) is 1.99. The van der Waals surface area contributed by atoms with Crippen molar-refractivity contribution in [1.82, 2.24) is 10.3 Å². The third-order valence-corrected chi connectivity index (χ3v) is 2.88. The van der Waals surface area contributed by atoms with E-state index in [1.807, 2.05) is 37.3 Å². The molecule has 0 aliphatic heterocycles. The first-order valence-corrected chi connectivity index (χ1v) is 6.96. The van der Waals surface area contributed by atoms with E-state index in [0.29, 0.717) is 22.9 Å². The van der Waals surface area contributed by atoms with Crippen LogP contribution in [0.25, 0.3) is 0 Å². The summed E-state index contributed by atoms with van der Waals surface area (Å²) in [6, 6.07) is 10.9. The molecular formula is C15H16N4OS. The summed E-state index contributed by atoms with van der Waals surface area (Å²) in [7, 11) is 0. The third kappa shape index (κ3) is 4.25. The zero-order valence-corrected chi connectivity index (χ0v) is 12.4. The molecule has 0 radical (unpaired) electrons. The van der Waals surface area contributed by atoms with Crippen molar-refractivity contribution in [2.75, 3.05) is 17.2 Å². The Kier molecular flexibility index (Phi) is 5.22. The molecular weight excluding hydrogens is 284 g/mol. The number of nitrogens with one attached hydrogen (secondary N) is 3. The van der Waals surface area contributed by atoms with Crippen molar-refractivity contribution >= 4 is 34.6 Å². The SMILES string of the molecule is CCNC(=O)c1ccccc1NC(=S)Nc1cccnc1. The van der Waals surface area contributed by atoms with Gasteiger partial charge in [-0.15, -0.1) is 0 Å². The molecule has 0 saturated heterocycles. The van der Waals surface area contributed by atoms with Crippen LogP contribution in [0.15, 0.2) is 48.8 Å². The van der Waals surface area contributed by atoms with Gasteiger partial charge < -0.3 is 16.0 Å². The predicted molar refractivity (Wildman–Crippen MR) is 88.5 cm³/mol. The molecule has 3 N–H and O–H groups in total. The zero-order valence-electron chi connectivity index (χ0n) is 11.6. The Hall–Kier alpha value is -2.47. The number of pyridine rings is 1. The van der Waals surface area contributed by atoms with E-state index < -0.39 is 0 Å². The molecule has 0 aliphatic carbocycles. The van der Waals surface area contributed by atoms with Crippen LogP contribution in [-0.2, 0) is 0 Å². The highest BCUT2D eigenvalue weighted by molar-refractivity contribution is 7.80. The van der Waals surface area contributed by atoms with Gasteiger partial charge in [-0.2, -0.15) is 0 Å². The second-order valence-electron chi connectivity index (χ2n) is 4.23. The third-order valence-electron chi connectivity index (χ3n) is 2.68. The number of hydrogen-bond acceptors (Lipinski definition) is 3. The Bertz CT molecular complexity index is 631. The van der Waals surface area contributed by atoms with Gasteiger partial charge >= 0.3 is 0 Å². The number of carbonyl (C=O) groups is 1. The molecule has 0 spiro atoms. The van der Waals surface area contributed by atoms with E-state index in [9.17, 15) is 4.79 Å². The van der Waals surface area contributed by atoms with Gasteiger partial charge in [0.25, 0.3) is 5.91 Å². The lowest BCUT2D eigenvalue weighted by atomic mass is 10.1. The summed E-state index contributed by atoms with van der Waals surface area (Å²) in [4.78, 5) is 16.0. The summed E-state index contributed by atoms with van der Waals surface area (Å²) in [6.07, 6.45) is 3.36. The molecule has 2 rings (SSSR count). The van der Waals surface area contributed by atoms with E-state index in [1.165, 1.54) is 0 Å². The van der Waals surface area contributed by atoms with Crippen molar-refractivity contribution in [2.24, 2.45) is 0 Å². The van der Waals surface area contributed by atoms with Gasteiger partial charge in [0, 0.05) is 12.7 Å². The van der Waals surface area contributed by atoms with Gasteiger partial charge in [0.05, 0.1) is 23.1 Å². The first-order chi connectivity index (χ1) is 10.2. The first kappa shape index (κ1) is 14.9. The van der Waals surface area contributed by atoms with Crippen LogP contribution in [0.2, 0.25) is 0 Å². The van der Waals surface area contributed by atoms with Crippen LogP contribution in [0.5, 0.6) is 0 Å². The van der Waals surface area contributed by atoms with Crippen molar-refractivity contribution in [3.05, 3.63) is 54.4 Å². The summed E-state index contributed by atoms with van der Waals surface area (Å²) in [6.45, 7) is 2.45. The minimum Gasteiger partial charge on any atom is -0.352 e. The van der Waals surface area contributed by atoms with Crippen LogP contribution in [0.3, 0.4) is 0 Å². The van der Waals surface area contributed by atoms with Crippen molar-refractivity contribution in [1.29, 1.82) is 0 Å². The number of amides is 1. The van der Waals surface area contributed by atoms with Crippen LogP contribution < -0.4 is 16.0 Å². The number of carbonyl (C=O) groups excluding carboxylic acids is 1. The van der Waals surface area contributed by atoms with E-state index >= 15 is 0 Å². The lowest BCUT2D eigenvalue weighted by Crippen LogP contribution is -2.26. The molecule has 0 bridgehead atoms. The van der Waals surface area contributed by atoms with Gasteiger partial charge in [-0.1, -0.05) is 12.1 Å². The number of thiocarbonyl (C=S) groups is 1. The van der Waals surface area contributed by atoms with E-state index in [-0.39, 0.29) is 5.91 Å². The second-order valence-corrected chi connectivity index (χ2v) is 4.63. The Balaban J connectivity index is 2.09. The van der Waals surface area contributed by atoms with E-state index in [1.54, 1.807) is 18.5 Å². The number of para-hydroxylation sites is 1. The molecule has 1 amide bonds. The fraction of sp³-hybridized carbons (Fsp3) is 0.133. The molecule has 0 fully saturated rings. The number of rotatable bonds is 4. The van der Waals surface area contributed by atoms with Crippen LogP contribution in [0, 0.1) is 0 Å². The Morgan fingerprint density at radius 1 is 1.19 bits per heavy atom. The standard InChI is InChI=1S/C15H16N4OS/c1-2-17-14(20)12-7-3-4-8-13(12)19-15(21)18-11-6-5-9-16-10-11/h3-10H,2H2,1H3,(H,17,20)(H2,18,19,21). The molecule has 0 atom stereocenters. The smallest absolute Gasteiger partial charge is 0.253 e. The van der Waals surface area contributed by atoms with Gasteiger partial charge in [0.15, 0.2) is 5.11 Å². The fourth-order valence-electron chi connectivity index (χ4n) is 1.77. The number of hydrogen-bond donors (Lipinski definition) is 3. The zero-order chi connectivity index (χ0) is 15.1. The highest BCUT2D eigenvalue weighted by Gasteiger charge is 2.10. The first-order valence-electron chi connectivity index (χ1n) is 6.56. The summed E-state index contributed by atoms with van der Waals surface area (Å²) in [5.74, 6) is -0.134. The van der Waals surface area contributed by atoms with Gasteiger partial charge in [0.1, 0.15) is 0 Å². The topological polar surface area (TPSA) is 66.1 Å². The summed E-state index contributed by atoms with van der Waals surface area (Å²) < 4.78 is 0. The number of nitrogens with zero attached hydrogens (tertiary/aromatic N) is 1. The van der Waals surface area contributed by atoms with E-state index in [2.05, 4.69) is 20.9 Å². The van der Waals surface area contributed by atoms with Gasteiger partial charge in [-0.3, -0.25) is 9.78 Å². The lowest BCUT2D eigenvalue weighted by molar-refractivity contribution is 0.0956. The molecule has 1 aromatic carbocycles. The molecule has 1 aromatic heterocycles. The minimum atomic E-state index is -0.134. The van der Waals surface area contributed by atoms with Crippen molar-refractivity contribution in [2.45, 2.75) is 6.92 Å². The Morgan fingerprint density at radius 2 is 2.00 bits per heavy atom. The summed E-state index contributed by atoms with van der Waals surface area (Å²) in [5, 5.41) is 9.22. The number of anilines is 2. The Labute approximate surface area is 128 Å². The van der Waals surface area contributed by atoms with E-state index in [0.717, 1.165) is 5.69 Å². The van der Waals surface area contributed by atoms with Crippen molar-refractivity contribution in [3.8, 4) is 0 Å². The minimum absolute atomic E-state index is 0.134. The van der Waals surface area contributed by atoms with Crippen LogP contribution in [0.4, 0.5) is 11.4 Å². The maximum atomic E-state index is 12.0. The largest absolute Gasteiger partial charge is 0.352 e. The lowest BCUT2D eigenvalue weighted by Gasteiger charge is -2.13. The maximum absolute atomic E-state index is 12.0. The Morgan fingerprint density at radius 3 is 2.71 bits per heavy atom. The van der Waals surface area contributed by atoms with Crippen molar-refractivity contribution in [3.63, 3.8) is 0 Å². The highest BCUT2D eigenvalue weighted by Crippen LogP contribution is 2.15. The van der Waals surface area contributed by atoms with Crippen LogP contribution in [-0.4, -0.2) is 22.5 Å². The average Bonchev–Trinajstić information content (AvgIpc) is 2.49. The normalized spacial score (nSPS) is 9.76. The molecule has 0 aliphatic rings.